The maximum Gasteiger partial charge on any atom is 0.269 e. The Morgan fingerprint density at radius 1 is 1.33 bits per heavy atom. The summed E-state index contributed by atoms with van der Waals surface area (Å²) >= 11 is 1.42. The molecule has 102 valence electrons. The van der Waals surface area contributed by atoms with Crippen molar-refractivity contribution in [2.45, 2.75) is 0 Å². The number of nitro benzene ring substituents is 1. The summed E-state index contributed by atoms with van der Waals surface area (Å²) in [5.74, 6) is 0. The second kappa shape index (κ2) is 5.15. The van der Waals surface area contributed by atoms with Crippen LogP contribution in [0.5, 0.6) is 0 Å². The number of hydrogen-bond acceptors (Lipinski definition) is 6. The normalized spacial score (nSPS) is 10.2. The van der Waals surface area contributed by atoms with Crippen molar-refractivity contribution < 1.29 is 4.92 Å². The quantitative estimate of drug-likeness (QED) is 0.547. The molecule has 0 radical (unpaired) electrons. The molecule has 3 aromatic rings. The molecule has 0 atom stereocenters. The van der Waals surface area contributed by atoms with Crippen molar-refractivity contribution in [3.63, 3.8) is 0 Å². The molecule has 8 heteroatoms. The first-order chi connectivity index (χ1) is 10.2. The summed E-state index contributed by atoms with van der Waals surface area (Å²) in [5, 5.41) is 26.7. The highest BCUT2D eigenvalue weighted by Gasteiger charge is 2.13. The van der Waals surface area contributed by atoms with Gasteiger partial charge in [-0.25, -0.2) is 9.67 Å². The molecule has 21 heavy (non-hydrogen) atoms. The lowest BCUT2D eigenvalue weighted by Gasteiger charge is -2.01. The van der Waals surface area contributed by atoms with Crippen molar-refractivity contribution in [2.75, 3.05) is 0 Å². The summed E-state index contributed by atoms with van der Waals surface area (Å²) in [6.45, 7) is 0. The number of nitrogens with zero attached hydrogens (tertiary/aromatic N) is 5. The average molecular weight is 297 g/mol. The van der Waals surface area contributed by atoms with E-state index in [0.717, 1.165) is 0 Å². The number of nitriles is 1. The van der Waals surface area contributed by atoms with Crippen LogP contribution in [-0.4, -0.2) is 19.7 Å². The number of rotatable bonds is 3. The Balaban J connectivity index is 2.06. The molecule has 0 unspecified atom stereocenters. The Labute approximate surface area is 122 Å². The van der Waals surface area contributed by atoms with Crippen molar-refractivity contribution in [1.29, 1.82) is 5.26 Å². The summed E-state index contributed by atoms with van der Waals surface area (Å²) in [6.07, 6.45) is 1.66. The molecule has 0 saturated heterocycles. The van der Waals surface area contributed by atoms with E-state index in [4.69, 9.17) is 0 Å². The van der Waals surface area contributed by atoms with Crippen LogP contribution in [0.1, 0.15) is 5.69 Å². The number of aromatic nitrogens is 3. The fraction of sp³-hybridized carbons (Fsp3) is 0. The van der Waals surface area contributed by atoms with Gasteiger partial charge in [0.25, 0.3) is 5.69 Å². The standard InChI is InChI=1S/C13H7N5O2S/c14-8-11-7-12(13-15-5-6-21-13)16-17(11)9-1-3-10(4-2-9)18(19)20/h1-7H. The largest absolute Gasteiger partial charge is 0.269 e. The molecule has 0 aliphatic carbocycles. The van der Waals surface area contributed by atoms with Crippen molar-refractivity contribution in [3.8, 4) is 22.5 Å². The first kappa shape index (κ1) is 13.0. The Bertz CT molecular complexity index is 831. The SMILES string of the molecule is N#Cc1cc(-c2nccs2)nn1-c1ccc([N+](=O)[O-])cc1. The Hall–Kier alpha value is -3.05. The summed E-state index contributed by atoms with van der Waals surface area (Å²) < 4.78 is 1.44. The second-order valence-corrected chi connectivity index (χ2v) is 4.94. The fourth-order valence-corrected chi connectivity index (χ4v) is 2.42. The second-order valence-electron chi connectivity index (χ2n) is 4.05. The molecule has 2 aromatic heterocycles. The number of benzene rings is 1. The molecule has 0 saturated carbocycles. The molecular formula is C13H7N5O2S. The first-order valence-electron chi connectivity index (χ1n) is 5.84. The fourth-order valence-electron chi connectivity index (χ4n) is 1.83. The van der Waals surface area contributed by atoms with E-state index in [1.165, 1.54) is 28.2 Å². The van der Waals surface area contributed by atoms with E-state index in [1.54, 1.807) is 24.4 Å². The van der Waals surface area contributed by atoms with E-state index in [0.29, 0.717) is 22.1 Å². The monoisotopic (exact) mass is 297 g/mol. The number of thiazole rings is 1. The molecule has 0 fully saturated rings. The van der Waals surface area contributed by atoms with Gasteiger partial charge < -0.3 is 0 Å². The van der Waals surface area contributed by atoms with E-state index >= 15 is 0 Å². The molecule has 0 aliphatic heterocycles. The molecule has 0 amide bonds. The van der Waals surface area contributed by atoms with E-state index in [2.05, 4.69) is 16.2 Å². The first-order valence-corrected chi connectivity index (χ1v) is 6.72. The van der Waals surface area contributed by atoms with E-state index in [1.807, 2.05) is 5.38 Å². The minimum atomic E-state index is -0.473. The zero-order valence-corrected chi connectivity index (χ0v) is 11.3. The summed E-state index contributed by atoms with van der Waals surface area (Å²) in [7, 11) is 0. The Morgan fingerprint density at radius 3 is 2.67 bits per heavy atom. The van der Waals surface area contributed by atoms with Crippen LogP contribution in [0.25, 0.3) is 16.4 Å². The van der Waals surface area contributed by atoms with Crippen LogP contribution in [0, 0.1) is 21.4 Å². The predicted octanol–water partition coefficient (Wildman–Crippen LogP) is 2.78. The minimum absolute atomic E-state index is 0.00967. The molecule has 3 rings (SSSR count). The Kier molecular flexibility index (Phi) is 3.17. The maximum atomic E-state index is 10.7. The zero-order valence-electron chi connectivity index (χ0n) is 10.5. The van der Waals surface area contributed by atoms with Crippen LogP contribution in [0.2, 0.25) is 0 Å². The summed E-state index contributed by atoms with van der Waals surface area (Å²) in [5.41, 5.74) is 1.51. The van der Waals surface area contributed by atoms with Gasteiger partial charge in [0.15, 0.2) is 0 Å². The molecule has 0 aliphatic rings. The highest BCUT2D eigenvalue weighted by Crippen LogP contribution is 2.23. The van der Waals surface area contributed by atoms with Crippen LogP contribution in [0.15, 0.2) is 41.9 Å². The van der Waals surface area contributed by atoms with Gasteiger partial charge in [0, 0.05) is 29.8 Å². The van der Waals surface area contributed by atoms with Gasteiger partial charge in [0.2, 0.25) is 0 Å². The van der Waals surface area contributed by atoms with E-state index in [9.17, 15) is 15.4 Å². The third-order valence-corrected chi connectivity index (χ3v) is 3.58. The van der Waals surface area contributed by atoms with Crippen LogP contribution in [0.3, 0.4) is 0 Å². The van der Waals surface area contributed by atoms with E-state index in [-0.39, 0.29) is 5.69 Å². The molecule has 1 aromatic carbocycles. The molecule has 0 N–H and O–H groups in total. The predicted molar refractivity (Wildman–Crippen MR) is 76.0 cm³/mol. The van der Waals surface area contributed by atoms with Crippen LogP contribution >= 0.6 is 11.3 Å². The molecule has 0 bridgehead atoms. The highest BCUT2D eigenvalue weighted by molar-refractivity contribution is 7.13. The third kappa shape index (κ3) is 2.37. The Morgan fingerprint density at radius 2 is 2.10 bits per heavy atom. The summed E-state index contributed by atoms with van der Waals surface area (Å²) in [4.78, 5) is 14.3. The third-order valence-electron chi connectivity index (χ3n) is 2.78. The maximum absolute atomic E-state index is 10.7. The smallest absolute Gasteiger partial charge is 0.258 e. The number of hydrogen-bond donors (Lipinski definition) is 0. The lowest BCUT2D eigenvalue weighted by Crippen LogP contribution is -1.99. The number of non-ortho nitro benzene ring substituents is 1. The molecule has 2 heterocycles. The molecule has 7 nitrogen and oxygen atoms in total. The lowest BCUT2D eigenvalue weighted by atomic mass is 10.3. The lowest BCUT2D eigenvalue weighted by molar-refractivity contribution is -0.384. The van der Waals surface area contributed by atoms with Gasteiger partial charge in [-0.3, -0.25) is 10.1 Å². The number of nitro groups is 1. The van der Waals surface area contributed by atoms with Gasteiger partial charge in [-0.1, -0.05) is 0 Å². The highest BCUT2D eigenvalue weighted by atomic mass is 32.1. The van der Waals surface area contributed by atoms with Gasteiger partial charge in [0.05, 0.1) is 10.6 Å². The van der Waals surface area contributed by atoms with Crippen LogP contribution in [-0.2, 0) is 0 Å². The van der Waals surface area contributed by atoms with Crippen molar-refractivity contribution in [1.82, 2.24) is 14.8 Å². The van der Waals surface area contributed by atoms with E-state index < -0.39 is 4.92 Å². The van der Waals surface area contributed by atoms with Crippen molar-refractivity contribution in [3.05, 3.63) is 57.7 Å². The molecular weight excluding hydrogens is 290 g/mol. The van der Waals surface area contributed by atoms with Crippen LogP contribution in [0.4, 0.5) is 5.69 Å². The topological polar surface area (TPSA) is 97.6 Å². The molecule has 0 spiro atoms. The zero-order chi connectivity index (χ0) is 14.8. The van der Waals surface area contributed by atoms with Crippen LogP contribution < -0.4 is 0 Å². The van der Waals surface area contributed by atoms with Gasteiger partial charge in [-0.15, -0.1) is 11.3 Å². The van der Waals surface area contributed by atoms with Crippen molar-refractivity contribution >= 4 is 17.0 Å². The summed E-state index contributed by atoms with van der Waals surface area (Å²) in [6, 6.07) is 9.56. The van der Waals surface area contributed by atoms with Gasteiger partial charge in [0.1, 0.15) is 22.5 Å². The van der Waals surface area contributed by atoms with Gasteiger partial charge in [-0.2, -0.15) is 10.4 Å². The van der Waals surface area contributed by atoms with Gasteiger partial charge in [-0.05, 0) is 12.1 Å². The average Bonchev–Trinajstić information content (AvgIpc) is 3.16. The van der Waals surface area contributed by atoms with Crippen molar-refractivity contribution in [2.24, 2.45) is 0 Å². The minimum Gasteiger partial charge on any atom is -0.258 e. The van der Waals surface area contributed by atoms with Gasteiger partial charge >= 0.3 is 0 Å².